The Labute approximate surface area is 207 Å². The molecule has 2 amide bonds. The van der Waals surface area contributed by atoms with Crippen molar-refractivity contribution in [3.05, 3.63) is 53.6 Å². The van der Waals surface area contributed by atoms with Crippen LogP contribution in [0.5, 0.6) is 5.75 Å². The van der Waals surface area contributed by atoms with E-state index in [1.807, 2.05) is 64.1 Å². The molecule has 35 heavy (non-hydrogen) atoms. The van der Waals surface area contributed by atoms with E-state index < -0.39 is 5.60 Å². The molecule has 1 fully saturated rings. The van der Waals surface area contributed by atoms with Crippen LogP contribution in [0.3, 0.4) is 0 Å². The van der Waals surface area contributed by atoms with Crippen molar-refractivity contribution >= 4 is 12.0 Å². The number of likely N-dealkylation sites (tertiary alicyclic amines) is 1. The summed E-state index contributed by atoms with van der Waals surface area (Å²) in [6, 6.07) is 13.8. The molecule has 0 aliphatic carbocycles. The average Bonchev–Trinajstić information content (AvgIpc) is 2.86. The minimum Gasteiger partial charge on any atom is -0.464 e. The summed E-state index contributed by atoms with van der Waals surface area (Å²) in [5.41, 5.74) is 3.27. The van der Waals surface area contributed by atoms with Gasteiger partial charge in [0.15, 0.2) is 0 Å². The van der Waals surface area contributed by atoms with E-state index in [1.54, 1.807) is 4.90 Å². The number of nitrogens with zero attached hydrogens (tertiary/aromatic N) is 1. The summed E-state index contributed by atoms with van der Waals surface area (Å²) in [7, 11) is 0. The third kappa shape index (κ3) is 6.34. The van der Waals surface area contributed by atoms with Crippen LogP contribution in [0.15, 0.2) is 42.5 Å². The zero-order valence-corrected chi connectivity index (χ0v) is 21.1. The summed E-state index contributed by atoms with van der Waals surface area (Å²) >= 11 is 0. The lowest BCUT2D eigenvalue weighted by Crippen LogP contribution is -2.45. The van der Waals surface area contributed by atoms with Gasteiger partial charge in [-0.15, -0.1) is 0 Å². The van der Waals surface area contributed by atoms with E-state index in [-0.39, 0.29) is 24.2 Å². The fourth-order valence-electron chi connectivity index (χ4n) is 4.39. The molecular formula is C28H36N2O5. The highest BCUT2D eigenvalue weighted by atomic mass is 16.7. The third-order valence-corrected chi connectivity index (χ3v) is 6.30. The van der Waals surface area contributed by atoms with Crippen molar-refractivity contribution in [2.24, 2.45) is 5.92 Å². The quantitative estimate of drug-likeness (QED) is 0.622. The summed E-state index contributed by atoms with van der Waals surface area (Å²) < 4.78 is 17.8. The van der Waals surface area contributed by atoms with Crippen molar-refractivity contribution in [3.63, 3.8) is 0 Å². The number of hydrogen-bond donors (Lipinski definition) is 1. The molecule has 1 N–H and O–H groups in total. The molecule has 7 nitrogen and oxygen atoms in total. The third-order valence-electron chi connectivity index (χ3n) is 6.30. The van der Waals surface area contributed by atoms with E-state index in [4.69, 9.17) is 14.2 Å². The van der Waals surface area contributed by atoms with Crippen LogP contribution in [-0.2, 0) is 16.1 Å². The number of ether oxygens (including phenoxy) is 3. The number of rotatable bonds is 5. The fraction of sp³-hybridized carbons (Fsp3) is 0.500. The van der Waals surface area contributed by atoms with Crippen LogP contribution in [-0.4, -0.2) is 48.4 Å². The molecular weight excluding hydrogens is 444 g/mol. The molecule has 0 bridgehead atoms. The van der Waals surface area contributed by atoms with Gasteiger partial charge in [0.2, 0.25) is 6.29 Å². The maximum Gasteiger partial charge on any atom is 0.410 e. The topological polar surface area (TPSA) is 77.1 Å². The first-order chi connectivity index (χ1) is 16.7. The van der Waals surface area contributed by atoms with Crippen molar-refractivity contribution < 1.29 is 23.8 Å². The normalized spacial score (nSPS) is 18.4. The summed E-state index contributed by atoms with van der Waals surface area (Å²) in [6.07, 6.45) is 1.98. The van der Waals surface area contributed by atoms with E-state index in [0.29, 0.717) is 31.8 Å². The van der Waals surface area contributed by atoms with Gasteiger partial charge in [-0.25, -0.2) is 4.79 Å². The summed E-state index contributed by atoms with van der Waals surface area (Å²) in [6.45, 7) is 10.1. The Hall–Kier alpha value is -3.06. The Morgan fingerprint density at radius 1 is 1.06 bits per heavy atom. The maximum absolute atomic E-state index is 12.3. The molecule has 1 atom stereocenters. The highest BCUT2D eigenvalue weighted by Gasteiger charge is 2.34. The lowest BCUT2D eigenvalue weighted by molar-refractivity contribution is -0.149. The Kier molecular flexibility index (Phi) is 7.65. The van der Waals surface area contributed by atoms with Gasteiger partial charge >= 0.3 is 6.09 Å². The lowest BCUT2D eigenvalue weighted by Gasteiger charge is -2.38. The van der Waals surface area contributed by atoms with Gasteiger partial charge in [-0.05, 0) is 75.4 Å². The van der Waals surface area contributed by atoms with Crippen LogP contribution in [0.1, 0.15) is 62.9 Å². The highest BCUT2D eigenvalue weighted by molar-refractivity contribution is 5.94. The van der Waals surface area contributed by atoms with Crippen molar-refractivity contribution in [1.82, 2.24) is 10.2 Å². The standard InChI is InChI=1S/C28H36N2O5/c1-5-14-29-25(31)20-8-6-19(7-9-20)22-10-11-24-23(17-22)18-33-26(34-24)21-12-15-30(16-13-21)27(32)35-28(2,3)4/h6-11,17,21,26H,5,12-16,18H2,1-4H3,(H,29,31). The van der Waals surface area contributed by atoms with Gasteiger partial charge in [0.25, 0.3) is 5.91 Å². The first kappa shape index (κ1) is 25.0. The smallest absolute Gasteiger partial charge is 0.410 e. The Balaban J connectivity index is 1.34. The molecule has 2 aromatic rings. The van der Waals surface area contributed by atoms with Gasteiger partial charge in [-0.3, -0.25) is 4.79 Å². The molecule has 1 unspecified atom stereocenters. The Morgan fingerprint density at radius 2 is 1.74 bits per heavy atom. The highest BCUT2D eigenvalue weighted by Crippen LogP contribution is 2.35. The second kappa shape index (κ2) is 10.7. The summed E-state index contributed by atoms with van der Waals surface area (Å²) in [5.74, 6) is 1.02. The molecule has 7 heteroatoms. The van der Waals surface area contributed by atoms with Gasteiger partial charge in [0.1, 0.15) is 11.4 Å². The molecule has 1 saturated heterocycles. The predicted molar refractivity (Wildman–Crippen MR) is 134 cm³/mol. The van der Waals surface area contributed by atoms with Gasteiger partial charge in [0.05, 0.1) is 6.61 Å². The first-order valence-corrected chi connectivity index (χ1v) is 12.5. The van der Waals surface area contributed by atoms with E-state index >= 15 is 0 Å². The number of hydrogen-bond acceptors (Lipinski definition) is 5. The summed E-state index contributed by atoms with van der Waals surface area (Å²) in [4.78, 5) is 26.2. The summed E-state index contributed by atoms with van der Waals surface area (Å²) in [5, 5.41) is 2.90. The molecule has 2 aliphatic heterocycles. The lowest BCUT2D eigenvalue weighted by atomic mass is 9.95. The number of piperidine rings is 1. The minimum absolute atomic E-state index is 0.0476. The van der Waals surface area contributed by atoms with Crippen molar-refractivity contribution in [1.29, 1.82) is 0 Å². The van der Waals surface area contributed by atoms with Gasteiger partial charge in [-0.1, -0.05) is 25.1 Å². The maximum atomic E-state index is 12.3. The van der Waals surface area contributed by atoms with Gasteiger partial charge in [-0.2, -0.15) is 0 Å². The SMILES string of the molecule is CCCNC(=O)c1ccc(-c2ccc3c(c2)COC(C2CCN(C(=O)OC(C)(C)C)CC2)O3)cc1. The molecule has 0 aromatic heterocycles. The molecule has 2 aromatic carbocycles. The largest absolute Gasteiger partial charge is 0.464 e. The van der Waals surface area contributed by atoms with Gasteiger partial charge in [0, 0.05) is 36.7 Å². The van der Waals surface area contributed by atoms with Crippen LogP contribution in [0, 0.1) is 5.92 Å². The Morgan fingerprint density at radius 3 is 2.40 bits per heavy atom. The number of carbonyl (C=O) groups excluding carboxylic acids is 2. The molecule has 188 valence electrons. The van der Waals surface area contributed by atoms with Crippen LogP contribution in [0.4, 0.5) is 4.79 Å². The molecule has 2 aliphatic rings. The fourth-order valence-corrected chi connectivity index (χ4v) is 4.39. The van der Waals surface area contributed by atoms with E-state index in [0.717, 1.165) is 41.7 Å². The Bertz CT molecular complexity index is 1040. The van der Waals surface area contributed by atoms with Crippen molar-refractivity contribution in [3.8, 4) is 16.9 Å². The van der Waals surface area contributed by atoms with E-state index in [9.17, 15) is 9.59 Å². The minimum atomic E-state index is -0.489. The number of amides is 2. The average molecular weight is 481 g/mol. The number of carbonyl (C=O) groups is 2. The molecule has 4 rings (SSSR count). The monoisotopic (exact) mass is 480 g/mol. The van der Waals surface area contributed by atoms with E-state index in [2.05, 4.69) is 11.4 Å². The number of benzene rings is 2. The molecule has 0 saturated carbocycles. The predicted octanol–water partition coefficient (Wildman–Crippen LogP) is 5.38. The van der Waals surface area contributed by atoms with Crippen LogP contribution < -0.4 is 10.1 Å². The first-order valence-electron chi connectivity index (χ1n) is 12.5. The molecule has 2 heterocycles. The van der Waals surface area contributed by atoms with Crippen molar-refractivity contribution in [2.45, 2.75) is 65.5 Å². The zero-order valence-electron chi connectivity index (χ0n) is 21.1. The second-order valence-corrected chi connectivity index (χ2v) is 10.3. The second-order valence-electron chi connectivity index (χ2n) is 10.3. The number of nitrogens with one attached hydrogen (secondary N) is 1. The number of fused-ring (bicyclic) bond motifs is 1. The zero-order chi connectivity index (χ0) is 25.0. The molecule has 0 spiro atoms. The van der Waals surface area contributed by atoms with Crippen molar-refractivity contribution in [2.75, 3.05) is 19.6 Å². The van der Waals surface area contributed by atoms with Gasteiger partial charge < -0.3 is 24.4 Å². The molecule has 0 radical (unpaired) electrons. The van der Waals surface area contributed by atoms with Crippen LogP contribution >= 0.6 is 0 Å². The van der Waals surface area contributed by atoms with E-state index in [1.165, 1.54) is 0 Å². The van der Waals surface area contributed by atoms with Crippen LogP contribution in [0.25, 0.3) is 11.1 Å². The van der Waals surface area contributed by atoms with Crippen LogP contribution in [0.2, 0.25) is 0 Å².